The lowest BCUT2D eigenvalue weighted by Gasteiger charge is -2.13. The molecular formula is C12H20O2. The summed E-state index contributed by atoms with van der Waals surface area (Å²) < 4.78 is 4.99. The van der Waals surface area contributed by atoms with Crippen LogP contribution in [0.4, 0.5) is 0 Å². The minimum atomic E-state index is -0.142. The molecule has 2 heteroatoms. The zero-order valence-electron chi connectivity index (χ0n) is 9.43. The summed E-state index contributed by atoms with van der Waals surface area (Å²) in [4.78, 5) is 11.5. The van der Waals surface area contributed by atoms with Crippen LogP contribution >= 0.6 is 0 Å². The number of rotatable bonds is 3. The molecule has 0 heterocycles. The zero-order valence-corrected chi connectivity index (χ0v) is 9.43. The molecule has 0 aliphatic heterocycles. The Morgan fingerprint density at radius 2 is 1.86 bits per heavy atom. The molecule has 0 unspecified atom stereocenters. The molecular weight excluding hydrogens is 176 g/mol. The van der Waals surface area contributed by atoms with Crippen LogP contribution in [0.3, 0.4) is 0 Å². The quantitative estimate of drug-likeness (QED) is 0.512. The van der Waals surface area contributed by atoms with Crippen molar-refractivity contribution in [3.63, 3.8) is 0 Å². The predicted molar refractivity (Wildman–Crippen MR) is 57.0 cm³/mol. The summed E-state index contributed by atoms with van der Waals surface area (Å²) in [5, 5.41) is 0. The molecule has 0 aromatic heterocycles. The highest BCUT2D eigenvalue weighted by Crippen LogP contribution is 2.32. The van der Waals surface area contributed by atoms with E-state index in [0.717, 1.165) is 5.57 Å². The van der Waals surface area contributed by atoms with Crippen LogP contribution in [0, 0.1) is 5.92 Å². The lowest BCUT2D eigenvalue weighted by Crippen LogP contribution is -2.10. The van der Waals surface area contributed by atoms with Crippen molar-refractivity contribution in [1.29, 1.82) is 0 Å². The first-order valence-electron chi connectivity index (χ1n) is 5.51. The molecule has 80 valence electrons. The largest absolute Gasteiger partial charge is 0.463 e. The third kappa shape index (κ3) is 2.60. The molecule has 2 nitrogen and oxygen atoms in total. The molecule has 1 rings (SSSR count). The van der Waals surface area contributed by atoms with Gasteiger partial charge in [0.25, 0.3) is 0 Å². The summed E-state index contributed by atoms with van der Waals surface area (Å²) in [7, 11) is 0. The predicted octanol–water partition coefficient (Wildman–Crippen LogP) is 3.08. The fraction of sp³-hybridized carbons (Fsp3) is 0.750. The van der Waals surface area contributed by atoms with Crippen molar-refractivity contribution in [1.82, 2.24) is 0 Å². The second-order valence-corrected chi connectivity index (χ2v) is 4.01. The normalized spacial score (nSPS) is 19.4. The van der Waals surface area contributed by atoms with Gasteiger partial charge in [0.1, 0.15) is 0 Å². The number of carbonyl (C=O) groups excluding carboxylic acids is 1. The second-order valence-electron chi connectivity index (χ2n) is 4.01. The SMILES string of the molecule is CCOC(=O)C(C)=C(C)C1CCCC1. The molecule has 0 saturated heterocycles. The van der Waals surface area contributed by atoms with Gasteiger partial charge in [-0.3, -0.25) is 0 Å². The highest BCUT2D eigenvalue weighted by molar-refractivity contribution is 5.88. The molecule has 1 saturated carbocycles. The van der Waals surface area contributed by atoms with E-state index in [1.807, 2.05) is 13.8 Å². The molecule has 0 N–H and O–H groups in total. The van der Waals surface area contributed by atoms with E-state index in [2.05, 4.69) is 6.92 Å². The van der Waals surface area contributed by atoms with E-state index in [0.29, 0.717) is 12.5 Å². The van der Waals surface area contributed by atoms with Gasteiger partial charge >= 0.3 is 5.97 Å². The zero-order chi connectivity index (χ0) is 10.6. The van der Waals surface area contributed by atoms with Crippen LogP contribution in [0.5, 0.6) is 0 Å². The van der Waals surface area contributed by atoms with E-state index in [9.17, 15) is 4.79 Å². The van der Waals surface area contributed by atoms with Crippen molar-refractivity contribution in [3.8, 4) is 0 Å². The van der Waals surface area contributed by atoms with Gasteiger partial charge in [-0.15, -0.1) is 0 Å². The standard InChI is InChI=1S/C12H20O2/c1-4-14-12(13)10(3)9(2)11-7-5-6-8-11/h11H,4-8H2,1-3H3. The number of carbonyl (C=O) groups is 1. The summed E-state index contributed by atoms with van der Waals surface area (Å²) in [6.07, 6.45) is 5.08. The van der Waals surface area contributed by atoms with E-state index in [1.165, 1.54) is 31.3 Å². The number of hydrogen-bond donors (Lipinski definition) is 0. The van der Waals surface area contributed by atoms with Gasteiger partial charge < -0.3 is 4.74 Å². The van der Waals surface area contributed by atoms with Crippen LogP contribution in [0.1, 0.15) is 46.5 Å². The molecule has 0 bridgehead atoms. The lowest BCUT2D eigenvalue weighted by molar-refractivity contribution is -0.138. The Morgan fingerprint density at radius 3 is 2.36 bits per heavy atom. The minimum Gasteiger partial charge on any atom is -0.463 e. The first-order valence-corrected chi connectivity index (χ1v) is 5.51. The average Bonchev–Trinajstić information content (AvgIpc) is 2.68. The van der Waals surface area contributed by atoms with Crippen LogP contribution in [-0.2, 0) is 9.53 Å². The fourth-order valence-corrected chi connectivity index (χ4v) is 2.07. The van der Waals surface area contributed by atoms with Crippen molar-refractivity contribution in [3.05, 3.63) is 11.1 Å². The van der Waals surface area contributed by atoms with Crippen LogP contribution in [0.15, 0.2) is 11.1 Å². The number of esters is 1. The van der Waals surface area contributed by atoms with Crippen LogP contribution in [0.25, 0.3) is 0 Å². The summed E-state index contributed by atoms with van der Waals surface area (Å²) in [6.45, 7) is 6.26. The Bertz CT molecular complexity index is 235. The van der Waals surface area contributed by atoms with Crippen molar-refractivity contribution >= 4 is 5.97 Å². The summed E-state index contributed by atoms with van der Waals surface area (Å²) in [5.74, 6) is 0.483. The summed E-state index contributed by atoms with van der Waals surface area (Å²) in [5.41, 5.74) is 2.06. The summed E-state index contributed by atoms with van der Waals surface area (Å²) in [6, 6.07) is 0. The van der Waals surface area contributed by atoms with Crippen LogP contribution in [0.2, 0.25) is 0 Å². The van der Waals surface area contributed by atoms with Gasteiger partial charge in [-0.2, -0.15) is 0 Å². The third-order valence-corrected chi connectivity index (χ3v) is 3.14. The monoisotopic (exact) mass is 196 g/mol. The van der Waals surface area contributed by atoms with E-state index in [4.69, 9.17) is 4.74 Å². The highest BCUT2D eigenvalue weighted by Gasteiger charge is 2.20. The maximum Gasteiger partial charge on any atom is 0.333 e. The number of hydrogen-bond acceptors (Lipinski definition) is 2. The smallest absolute Gasteiger partial charge is 0.333 e. The maximum absolute atomic E-state index is 11.5. The van der Waals surface area contributed by atoms with Gasteiger partial charge in [-0.1, -0.05) is 18.4 Å². The Hall–Kier alpha value is -0.790. The van der Waals surface area contributed by atoms with Crippen molar-refractivity contribution < 1.29 is 9.53 Å². The lowest BCUT2D eigenvalue weighted by atomic mass is 9.95. The van der Waals surface area contributed by atoms with Gasteiger partial charge in [0, 0.05) is 5.57 Å². The molecule has 0 aromatic carbocycles. The molecule has 0 spiro atoms. The molecule has 1 aliphatic carbocycles. The molecule has 0 amide bonds. The van der Waals surface area contributed by atoms with Gasteiger partial charge in [0.15, 0.2) is 0 Å². The Morgan fingerprint density at radius 1 is 1.29 bits per heavy atom. The fourth-order valence-electron chi connectivity index (χ4n) is 2.07. The van der Waals surface area contributed by atoms with Gasteiger partial charge in [0.2, 0.25) is 0 Å². The van der Waals surface area contributed by atoms with E-state index in [-0.39, 0.29) is 5.97 Å². The minimum absolute atomic E-state index is 0.142. The second kappa shape index (κ2) is 5.18. The third-order valence-electron chi connectivity index (χ3n) is 3.14. The Labute approximate surface area is 86.3 Å². The molecule has 1 aliphatic rings. The van der Waals surface area contributed by atoms with Gasteiger partial charge in [-0.25, -0.2) is 4.79 Å². The first-order chi connectivity index (χ1) is 6.66. The number of allylic oxidation sites excluding steroid dienone is 1. The van der Waals surface area contributed by atoms with Gasteiger partial charge in [0.05, 0.1) is 6.61 Å². The maximum atomic E-state index is 11.5. The Balaban J connectivity index is 2.65. The molecule has 0 atom stereocenters. The number of ether oxygens (including phenoxy) is 1. The summed E-state index contributed by atoms with van der Waals surface area (Å²) >= 11 is 0. The van der Waals surface area contributed by atoms with E-state index < -0.39 is 0 Å². The van der Waals surface area contributed by atoms with Crippen LogP contribution < -0.4 is 0 Å². The van der Waals surface area contributed by atoms with Gasteiger partial charge in [-0.05, 0) is 39.5 Å². The highest BCUT2D eigenvalue weighted by atomic mass is 16.5. The van der Waals surface area contributed by atoms with E-state index >= 15 is 0 Å². The van der Waals surface area contributed by atoms with Crippen molar-refractivity contribution in [2.75, 3.05) is 6.61 Å². The first kappa shape index (κ1) is 11.3. The molecule has 0 radical (unpaired) electrons. The molecule has 0 aromatic rings. The Kier molecular flexibility index (Phi) is 4.18. The van der Waals surface area contributed by atoms with Crippen LogP contribution in [-0.4, -0.2) is 12.6 Å². The molecule has 1 fully saturated rings. The molecule has 14 heavy (non-hydrogen) atoms. The van der Waals surface area contributed by atoms with Crippen molar-refractivity contribution in [2.45, 2.75) is 46.5 Å². The van der Waals surface area contributed by atoms with E-state index in [1.54, 1.807) is 0 Å². The topological polar surface area (TPSA) is 26.3 Å². The van der Waals surface area contributed by atoms with Crippen molar-refractivity contribution in [2.24, 2.45) is 5.92 Å². The average molecular weight is 196 g/mol.